The van der Waals surface area contributed by atoms with Gasteiger partial charge in [-0.25, -0.2) is 0 Å². The topological polar surface area (TPSA) is 39.7 Å². The standard InChI is InChI=1S/C18H38N4.HI/c1-6-13-22-14-9-16(10-15-22)21-17(19-7-2)20-12-8-11-18(3,4)5;/h16H,6-15H2,1-5H3,(H2,19,20,21);1H. The highest BCUT2D eigenvalue weighted by Crippen LogP contribution is 2.20. The monoisotopic (exact) mass is 438 g/mol. The van der Waals surface area contributed by atoms with E-state index in [1.165, 1.54) is 45.3 Å². The lowest BCUT2D eigenvalue weighted by atomic mass is 9.91. The van der Waals surface area contributed by atoms with Gasteiger partial charge >= 0.3 is 0 Å². The Kier molecular flexibility index (Phi) is 12.3. The summed E-state index contributed by atoms with van der Waals surface area (Å²) in [4.78, 5) is 7.32. The molecule has 138 valence electrons. The van der Waals surface area contributed by atoms with Gasteiger partial charge in [0.05, 0.1) is 0 Å². The minimum Gasteiger partial charge on any atom is -0.357 e. The second-order valence-corrected chi connectivity index (χ2v) is 7.69. The third-order valence-electron chi connectivity index (χ3n) is 4.17. The van der Waals surface area contributed by atoms with Crippen LogP contribution < -0.4 is 10.6 Å². The van der Waals surface area contributed by atoms with Gasteiger partial charge in [-0.3, -0.25) is 4.99 Å². The third-order valence-corrected chi connectivity index (χ3v) is 4.17. The predicted molar refractivity (Wildman–Crippen MR) is 113 cm³/mol. The van der Waals surface area contributed by atoms with Gasteiger partial charge in [0.2, 0.25) is 0 Å². The van der Waals surface area contributed by atoms with Gasteiger partial charge in [0.15, 0.2) is 5.96 Å². The Hall–Kier alpha value is -0.0400. The fourth-order valence-electron chi connectivity index (χ4n) is 2.93. The van der Waals surface area contributed by atoms with Crippen molar-refractivity contribution in [3.63, 3.8) is 0 Å². The third kappa shape index (κ3) is 11.2. The fourth-order valence-corrected chi connectivity index (χ4v) is 2.93. The van der Waals surface area contributed by atoms with Gasteiger partial charge in [-0.15, -0.1) is 24.0 Å². The molecule has 0 aliphatic carbocycles. The lowest BCUT2D eigenvalue weighted by Gasteiger charge is -2.32. The molecule has 0 unspecified atom stereocenters. The molecular weight excluding hydrogens is 399 g/mol. The average Bonchev–Trinajstić information content (AvgIpc) is 2.45. The van der Waals surface area contributed by atoms with Crippen molar-refractivity contribution in [1.29, 1.82) is 0 Å². The molecule has 1 saturated heterocycles. The Balaban J connectivity index is 0.00000484. The maximum atomic E-state index is 4.75. The highest BCUT2D eigenvalue weighted by Gasteiger charge is 2.19. The molecular formula is C18H39IN4. The number of hydrogen-bond donors (Lipinski definition) is 2. The molecule has 4 nitrogen and oxygen atoms in total. The van der Waals surface area contributed by atoms with E-state index in [4.69, 9.17) is 4.99 Å². The van der Waals surface area contributed by atoms with Crippen LogP contribution in [0.5, 0.6) is 0 Å². The summed E-state index contributed by atoms with van der Waals surface area (Å²) in [6.07, 6.45) is 6.11. The van der Waals surface area contributed by atoms with Crippen LogP contribution in [0.4, 0.5) is 0 Å². The van der Waals surface area contributed by atoms with Crippen LogP contribution in [0.2, 0.25) is 0 Å². The lowest BCUT2D eigenvalue weighted by molar-refractivity contribution is 0.206. The zero-order valence-electron chi connectivity index (χ0n) is 16.0. The second kappa shape index (κ2) is 12.3. The summed E-state index contributed by atoms with van der Waals surface area (Å²) < 4.78 is 0. The van der Waals surface area contributed by atoms with Crippen LogP contribution >= 0.6 is 24.0 Å². The SMILES string of the molecule is CCCN1CCC(NC(=NCCCC(C)(C)C)NCC)CC1.I. The Bertz CT molecular complexity index is 317. The van der Waals surface area contributed by atoms with Crippen molar-refractivity contribution in [2.45, 2.75) is 72.8 Å². The van der Waals surface area contributed by atoms with E-state index in [1.54, 1.807) is 0 Å². The Morgan fingerprint density at radius 2 is 1.83 bits per heavy atom. The van der Waals surface area contributed by atoms with Crippen LogP contribution in [0.25, 0.3) is 0 Å². The van der Waals surface area contributed by atoms with E-state index < -0.39 is 0 Å². The van der Waals surface area contributed by atoms with E-state index in [1.807, 2.05) is 0 Å². The number of guanidine groups is 1. The lowest BCUT2D eigenvalue weighted by Crippen LogP contribution is -2.48. The zero-order valence-corrected chi connectivity index (χ0v) is 18.3. The van der Waals surface area contributed by atoms with Crippen LogP contribution in [-0.2, 0) is 0 Å². The van der Waals surface area contributed by atoms with Gasteiger partial charge in [0, 0.05) is 32.2 Å². The van der Waals surface area contributed by atoms with Gasteiger partial charge in [0.1, 0.15) is 0 Å². The van der Waals surface area contributed by atoms with Crippen molar-refractivity contribution < 1.29 is 0 Å². The molecule has 1 fully saturated rings. The van der Waals surface area contributed by atoms with E-state index in [2.05, 4.69) is 50.2 Å². The molecule has 0 radical (unpaired) electrons. The highest BCUT2D eigenvalue weighted by atomic mass is 127. The van der Waals surface area contributed by atoms with Gasteiger partial charge in [0.25, 0.3) is 0 Å². The molecule has 0 saturated carbocycles. The van der Waals surface area contributed by atoms with Gasteiger partial charge in [-0.2, -0.15) is 0 Å². The number of piperidine rings is 1. The van der Waals surface area contributed by atoms with Crippen molar-refractivity contribution in [3.05, 3.63) is 0 Å². The Morgan fingerprint density at radius 1 is 1.17 bits per heavy atom. The summed E-state index contributed by atoms with van der Waals surface area (Å²) in [7, 11) is 0. The first kappa shape index (κ1) is 23.0. The summed E-state index contributed by atoms with van der Waals surface area (Å²) in [5, 5.41) is 7.02. The number of likely N-dealkylation sites (tertiary alicyclic amines) is 1. The van der Waals surface area contributed by atoms with E-state index in [9.17, 15) is 0 Å². The van der Waals surface area contributed by atoms with Crippen molar-refractivity contribution in [1.82, 2.24) is 15.5 Å². The minimum absolute atomic E-state index is 0. The van der Waals surface area contributed by atoms with Crippen molar-refractivity contribution >= 4 is 29.9 Å². The van der Waals surface area contributed by atoms with Crippen LogP contribution in [0, 0.1) is 5.41 Å². The fraction of sp³-hybridized carbons (Fsp3) is 0.944. The summed E-state index contributed by atoms with van der Waals surface area (Å²) >= 11 is 0. The Morgan fingerprint density at radius 3 is 2.35 bits per heavy atom. The van der Waals surface area contributed by atoms with Crippen molar-refractivity contribution in [2.24, 2.45) is 10.4 Å². The largest absolute Gasteiger partial charge is 0.357 e. The number of halogens is 1. The number of hydrogen-bond acceptors (Lipinski definition) is 2. The van der Waals surface area contributed by atoms with E-state index in [0.717, 1.165) is 25.5 Å². The minimum atomic E-state index is 0. The molecule has 0 bridgehead atoms. The maximum absolute atomic E-state index is 4.75. The van der Waals surface area contributed by atoms with Crippen LogP contribution in [0.1, 0.15) is 66.7 Å². The molecule has 1 heterocycles. The highest BCUT2D eigenvalue weighted by molar-refractivity contribution is 14.0. The summed E-state index contributed by atoms with van der Waals surface area (Å²) in [5.41, 5.74) is 0.410. The molecule has 2 N–H and O–H groups in total. The van der Waals surface area contributed by atoms with E-state index in [0.29, 0.717) is 11.5 Å². The average molecular weight is 438 g/mol. The smallest absolute Gasteiger partial charge is 0.191 e. The molecule has 1 aliphatic rings. The molecule has 1 rings (SSSR count). The number of nitrogens with one attached hydrogen (secondary N) is 2. The van der Waals surface area contributed by atoms with E-state index >= 15 is 0 Å². The van der Waals surface area contributed by atoms with Gasteiger partial charge < -0.3 is 15.5 Å². The molecule has 0 aromatic rings. The number of nitrogens with zero attached hydrogens (tertiary/aromatic N) is 2. The van der Waals surface area contributed by atoms with Crippen LogP contribution in [0.3, 0.4) is 0 Å². The normalized spacial score (nSPS) is 17.7. The quantitative estimate of drug-likeness (QED) is 0.275. The Labute approximate surface area is 161 Å². The van der Waals surface area contributed by atoms with Crippen molar-refractivity contribution in [3.8, 4) is 0 Å². The molecule has 0 amide bonds. The molecule has 0 atom stereocenters. The van der Waals surface area contributed by atoms with Gasteiger partial charge in [-0.05, 0) is 51.0 Å². The molecule has 5 heteroatoms. The zero-order chi connectivity index (χ0) is 16.4. The second-order valence-electron chi connectivity index (χ2n) is 7.69. The van der Waals surface area contributed by atoms with Gasteiger partial charge in [-0.1, -0.05) is 27.7 Å². The van der Waals surface area contributed by atoms with Crippen LogP contribution in [-0.4, -0.2) is 49.6 Å². The number of rotatable bonds is 7. The molecule has 0 aromatic heterocycles. The molecule has 0 spiro atoms. The predicted octanol–water partition coefficient (Wildman–Crippen LogP) is 3.86. The molecule has 0 aromatic carbocycles. The summed E-state index contributed by atoms with van der Waals surface area (Å²) in [5.74, 6) is 1.00. The van der Waals surface area contributed by atoms with E-state index in [-0.39, 0.29) is 24.0 Å². The summed E-state index contributed by atoms with van der Waals surface area (Å²) in [6, 6.07) is 0.577. The molecule has 23 heavy (non-hydrogen) atoms. The van der Waals surface area contributed by atoms with Crippen LogP contribution in [0.15, 0.2) is 4.99 Å². The number of aliphatic imine (C=N–C) groups is 1. The first-order valence-corrected chi connectivity index (χ1v) is 9.22. The first-order valence-electron chi connectivity index (χ1n) is 9.22. The maximum Gasteiger partial charge on any atom is 0.191 e. The van der Waals surface area contributed by atoms with Crippen molar-refractivity contribution in [2.75, 3.05) is 32.7 Å². The molecule has 1 aliphatic heterocycles. The summed E-state index contributed by atoms with van der Waals surface area (Å²) in [6.45, 7) is 16.8. The first-order chi connectivity index (χ1) is 10.4.